The lowest BCUT2D eigenvalue weighted by molar-refractivity contribution is 0.299. The first kappa shape index (κ1) is 13.2. The molecule has 0 spiro atoms. The van der Waals surface area contributed by atoms with Crippen molar-refractivity contribution in [1.82, 2.24) is 0 Å². The molecular formula is C15H23F. The average Bonchev–Trinajstić information content (AvgIpc) is 2.16. The summed E-state index contributed by atoms with van der Waals surface area (Å²) in [6.45, 7) is 8.90. The number of unbranched alkanes of at least 4 members (excludes halogenated alkanes) is 1. The summed E-state index contributed by atoms with van der Waals surface area (Å²) in [6, 6.07) is 7.07. The van der Waals surface area contributed by atoms with Crippen LogP contribution in [-0.2, 0) is 0 Å². The molecule has 1 rings (SSSR count). The molecule has 0 amide bonds. The first-order chi connectivity index (χ1) is 7.45. The molecule has 0 nitrogen and oxygen atoms in total. The van der Waals surface area contributed by atoms with Crippen LogP contribution >= 0.6 is 0 Å². The third-order valence-electron chi connectivity index (χ3n) is 3.14. The third-order valence-corrected chi connectivity index (χ3v) is 3.14. The molecule has 0 N–H and O–H groups in total. The minimum Gasteiger partial charge on any atom is -0.207 e. The van der Waals surface area contributed by atoms with Gasteiger partial charge in [0.2, 0.25) is 0 Å². The van der Waals surface area contributed by atoms with Crippen molar-refractivity contribution in [3.63, 3.8) is 0 Å². The van der Waals surface area contributed by atoms with Crippen LogP contribution < -0.4 is 0 Å². The maximum Gasteiger partial charge on any atom is 0.123 e. The third kappa shape index (κ3) is 3.62. The van der Waals surface area contributed by atoms with E-state index in [0.29, 0.717) is 5.92 Å². The summed E-state index contributed by atoms with van der Waals surface area (Å²) in [5, 5.41) is 0. The molecule has 1 unspecified atom stereocenters. The maximum absolute atomic E-state index is 13.2. The average molecular weight is 222 g/mol. The summed E-state index contributed by atoms with van der Waals surface area (Å²) in [6.07, 6.45) is 3.55. The highest BCUT2D eigenvalue weighted by molar-refractivity contribution is 5.22. The highest BCUT2D eigenvalue weighted by atomic mass is 19.1. The molecule has 0 fully saturated rings. The number of hydrogen-bond donors (Lipinski definition) is 0. The largest absolute Gasteiger partial charge is 0.207 e. The van der Waals surface area contributed by atoms with E-state index in [-0.39, 0.29) is 11.2 Å². The van der Waals surface area contributed by atoms with Gasteiger partial charge in [0.1, 0.15) is 5.82 Å². The summed E-state index contributed by atoms with van der Waals surface area (Å²) in [5.74, 6) is 0.325. The Hall–Kier alpha value is -0.850. The lowest BCUT2D eigenvalue weighted by atomic mass is 9.74. The minimum absolute atomic E-state index is 0.122. The zero-order chi connectivity index (χ0) is 12.2. The molecule has 1 heteroatoms. The molecular weight excluding hydrogens is 199 g/mol. The van der Waals surface area contributed by atoms with Crippen LogP contribution in [0, 0.1) is 11.2 Å². The van der Waals surface area contributed by atoms with Gasteiger partial charge in [-0.2, -0.15) is 0 Å². The Bertz CT molecular complexity index is 322. The maximum atomic E-state index is 13.2. The first-order valence-electron chi connectivity index (χ1n) is 6.20. The number of rotatable bonds is 4. The molecule has 0 radical (unpaired) electrons. The first-order valence-corrected chi connectivity index (χ1v) is 6.20. The second-order valence-corrected chi connectivity index (χ2v) is 5.62. The molecule has 0 aliphatic carbocycles. The SMILES string of the molecule is CCCCC(c1cccc(F)c1)C(C)(C)C. The molecule has 0 aromatic heterocycles. The molecule has 0 saturated carbocycles. The van der Waals surface area contributed by atoms with E-state index in [0.717, 1.165) is 12.0 Å². The number of hydrogen-bond acceptors (Lipinski definition) is 0. The molecule has 16 heavy (non-hydrogen) atoms. The van der Waals surface area contributed by atoms with Gasteiger partial charge in [-0.1, -0.05) is 52.7 Å². The van der Waals surface area contributed by atoms with Crippen molar-refractivity contribution < 1.29 is 4.39 Å². The molecule has 1 aromatic rings. The molecule has 1 aromatic carbocycles. The molecule has 0 bridgehead atoms. The fourth-order valence-corrected chi connectivity index (χ4v) is 2.23. The Kier molecular flexibility index (Phi) is 4.52. The molecule has 1 atom stereocenters. The quantitative estimate of drug-likeness (QED) is 0.661. The fraction of sp³-hybridized carbons (Fsp3) is 0.600. The Morgan fingerprint density at radius 2 is 1.94 bits per heavy atom. The van der Waals surface area contributed by atoms with Crippen molar-refractivity contribution in [2.45, 2.75) is 52.9 Å². The lowest BCUT2D eigenvalue weighted by Crippen LogP contribution is -2.18. The zero-order valence-corrected chi connectivity index (χ0v) is 10.9. The normalized spacial score (nSPS) is 13.8. The van der Waals surface area contributed by atoms with E-state index >= 15 is 0 Å². The number of benzene rings is 1. The van der Waals surface area contributed by atoms with Crippen molar-refractivity contribution >= 4 is 0 Å². The summed E-state index contributed by atoms with van der Waals surface area (Å²) in [7, 11) is 0. The van der Waals surface area contributed by atoms with Gasteiger partial charge in [-0.15, -0.1) is 0 Å². The summed E-state index contributed by atoms with van der Waals surface area (Å²) in [4.78, 5) is 0. The summed E-state index contributed by atoms with van der Waals surface area (Å²) >= 11 is 0. The molecule has 0 heterocycles. The topological polar surface area (TPSA) is 0 Å². The van der Waals surface area contributed by atoms with Gasteiger partial charge in [-0.05, 0) is 35.4 Å². The van der Waals surface area contributed by atoms with E-state index < -0.39 is 0 Å². The Morgan fingerprint density at radius 1 is 1.25 bits per heavy atom. The van der Waals surface area contributed by atoms with Gasteiger partial charge in [0.05, 0.1) is 0 Å². The molecule has 90 valence electrons. The Labute approximate surface area is 98.9 Å². The highest BCUT2D eigenvalue weighted by Crippen LogP contribution is 2.38. The summed E-state index contributed by atoms with van der Waals surface area (Å²) < 4.78 is 13.2. The van der Waals surface area contributed by atoms with Crippen molar-refractivity contribution in [3.8, 4) is 0 Å². The van der Waals surface area contributed by atoms with Crippen molar-refractivity contribution in [3.05, 3.63) is 35.6 Å². The Balaban J connectivity index is 2.92. The van der Waals surface area contributed by atoms with E-state index in [1.807, 2.05) is 6.07 Å². The van der Waals surface area contributed by atoms with E-state index in [4.69, 9.17) is 0 Å². The van der Waals surface area contributed by atoms with Crippen LogP contribution in [0.2, 0.25) is 0 Å². The summed E-state index contributed by atoms with van der Waals surface area (Å²) in [5.41, 5.74) is 1.34. The predicted octanol–water partition coefficient (Wildman–Crippen LogP) is 5.15. The minimum atomic E-state index is -0.122. The van der Waals surface area contributed by atoms with E-state index in [9.17, 15) is 4.39 Å². The van der Waals surface area contributed by atoms with Crippen molar-refractivity contribution in [2.75, 3.05) is 0 Å². The van der Waals surface area contributed by atoms with Gasteiger partial charge in [0.25, 0.3) is 0 Å². The van der Waals surface area contributed by atoms with Crippen LogP contribution in [-0.4, -0.2) is 0 Å². The lowest BCUT2D eigenvalue weighted by Gasteiger charge is -2.31. The van der Waals surface area contributed by atoms with Gasteiger partial charge in [-0.25, -0.2) is 4.39 Å². The second kappa shape index (κ2) is 5.47. The van der Waals surface area contributed by atoms with E-state index in [1.165, 1.54) is 18.9 Å². The fourth-order valence-electron chi connectivity index (χ4n) is 2.23. The van der Waals surface area contributed by atoms with Crippen molar-refractivity contribution in [1.29, 1.82) is 0 Å². The Morgan fingerprint density at radius 3 is 2.44 bits per heavy atom. The highest BCUT2D eigenvalue weighted by Gasteiger charge is 2.25. The smallest absolute Gasteiger partial charge is 0.123 e. The van der Waals surface area contributed by atoms with E-state index in [2.05, 4.69) is 33.8 Å². The van der Waals surface area contributed by atoms with Crippen LogP contribution in [0.15, 0.2) is 24.3 Å². The van der Waals surface area contributed by atoms with Gasteiger partial charge < -0.3 is 0 Å². The van der Waals surface area contributed by atoms with Gasteiger partial charge in [0.15, 0.2) is 0 Å². The second-order valence-electron chi connectivity index (χ2n) is 5.62. The standard InChI is InChI=1S/C15H23F/c1-5-6-10-14(15(2,3)4)12-8-7-9-13(16)11-12/h7-9,11,14H,5-6,10H2,1-4H3. The molecule has 0 aliphatic rings. The monoisotopic (exact) mass is 222 g/mol. The van der Waals surface area contributed by atoms with Crippen LogP contribution in [0.25, 0.3) is 0 Å². The van der Waals surface area contributed by atoms with Crippen LogP contribution in [0.1, 0.15) is 58.4 Å². The van der Waals surface area contributed by atoms with Gasteiger partial charge in [-0.3, -0.25) is 0 Å². The van der Waals surface area contributed by atoms with Crippen LogP contribution in [0.5, 0.6) is 0 Å². The van der Waals surface area contributed by atoms with Crippen molar-refractivity contribution in [2.24, 2.45) is 5.41 Å². The predicted molar refractivity (Wildman–Crippen MR) is 68.1 cm³/mol. The molecule has 0 saturated heterocycles. The van der Waals surface area contributed by atoms with E-state index in [1.54, 1.807) is 6.07 Å². The van der Waals surface area contributed by atoms with Gasteiger partial charge >= 0.3 is 0 Å². The zero-order valence-electron chi connectivity index (χ0n) is 10.9. The van der Waals surface area contributed by atoms with Crippen LogP contribution in [0.3, 0.4) is 0 Å². The van der Waals surface area contributed by atoms with Crippen LogP contribution in [0.4, 0.5) is 4.39 Å². The van der Waals surface area contributed by atoms with Gasteiger partial charge in [0, 0.05) is 0 Å². The number of halogens is 1. The molecule has 0 aliphatic heterocycles.